The standard InChI is InChI=1S/C60H115NO5/c1-3-5-7-9-11-13-15-29-34-38-42-46-50-54-60(65)66-55-51-47-43-39-35-31-28-26-24-22-20-18-16-17-19-21-23-25-27-30-33-37-41-45-49-53-59(64)61-57(56-62)58(63)52-48-44-40-36-32-14-12-10-8-6-4-2/h17,19,48,52,57-58,62-63H,3-16,18,20-47,49-51,53-56H2,1-2H3,(H,61,64)/b19-17-,52-48+. The molecule has 0 heterocycles. The summed E-state index contributed by atoms with van der Waals surface area (Å²) >= 11 is 0. The summed E-state index contributed by atoms with van der Waals surface area (Å²) in [6.45, 7) is 4.90. The summed E-state index contributed by atoms with van der Waals surface area (Å²) in [5.74, 6) is -0.0572. The number of hydrogen-bond donors (Lipinski definition) is 3. The lowest BCUT2D eigenvalue weighted by molar-refractivity contribution is -0.143. The van der Waals surface area contributed by atoms with E-state index >= 15 is 0 Å². The van der Waals surface area contributed by atoms with Gasteiger partial charge in [-0.25, -0.2) is 0 Å². The maximum atomic E-state index is 12.4. The van der Waals surface area contributed by atoms with Gasteiger partial charge in [0.25, 0.3) is 0 Å². The van der Waals surface area contributed by atoms with Crippen molar-refractivity contribution < 1.29 is 24.5 Å². The molecule has 0 aliphatic heterocycles. The van der Waals surface area contributed by atoms with Gasteiger partial charge in [-0.2, -0.15) is 0 Å². The van der Waals surface area contributed by atoms with Crippen LogP contribution in [0.2, 0.25) is 0 Å². The van der Waals surface area contributed by atoms with E-state index in [4.69, 9.17) is 4.74 Å². The molecule has 0 saturated heterocycles. The van der Waals surface area contributed by atoms with Gasteiger partial charge in [0.2, 0.25) is 5.91 Å². The van der Waals surface area contributed by atoms with Crippen LogP contribution in [0.15, 0.2) is 24.3 Å². The van der Waals surface area contributed by atoms with Crippen molar-refractivity contribution in [3.05, 3.63) is 24.3 Å². The molecule has 0 aromatic heterocycles. The van der Waals surface area contributed by atoms with Crippen LogP contribution in [0.5, 0.6) is 0 Å². The van der Waals surface area contributed by atoms with Gasteiger partial charge in [-0.1, -0.05) is 276 Å². The number of ether oxygens (including phenoxy) is 1. The third-order valence-corrected chi connectivity index (χ3v) is 13.7. The minimum atomic E-state index is -0.844. The second-order valence-electron chi connectivity index (χ2n) is 20.3. The molecule has 0 aliphatic carbocycles. The predicted molar refractivity (Wildman–Crippen MR) is 287 cm³/mol. The van der Waals surface area contributed by atoms with Gasteiger partial charge in [-0.05, 0) is 57.8 Å². The highest BCUT2D eigenvalue weighted by atomic mass is 16.5. The first kappa shape index (κ1) is 64.3. The van der Waals surface area contributed by atoms with Crippen molar-refractivity contribution in [3.8, 4) is 0 Å². The molecule has 66 heavy (non-hydrogen) atoms. The van der Waals surface area contributed by atoms with Gasteiger partial charge in [0, 0.05) is 12.8 Å². The van der Waals surface area contributed by atoms with Crippen molar-refractivity contribution in [2.75, 3.05) is 13.2 Å². The number of carbonyl (C=O) groups is 2. The molecule has 6 heteroatoms. The topological polar surface area (TPSA) is 95.9 Å². The Hall–Kier alpha value is -1.66. The van der Waals surface area contributed by atoms with Gasteiger partial charge in [0.1, 0.15) is 0 Å². The zero-order valence-corrected chi connectivity index (χ0v) is 44.4. The summed E-state index contributed by atoms with van der Waals surface area (Å²) < 4.78 is 5.48. The van der Waals surface area contributed by atoms with Crippen LogP contribution in [0.4, 0.5) is 0 Å². The smallest absolute Gasteiger partial charge is 0.305 e. The molecule has 0 radical (unpaired) electrons. The van der Waals surface area contributed by atoms with Crippen LogP contribution in [0.25, 0.3) is 0 Å². The molecule has 2 atom stereocenters. The number of hydrogen-bond acceptors (Lipinski definition) is 5. The van der Waals surface area contributed by atoms with Gasteiger partial charge in [-0.15, -0.1) is 0 Å². The normalized spacial score (nSPS) is 12.7. The van der Waals surface area contributed by atoms with Crippen molar-refractivity contribution in [2.45, 2.75) is 334 Å². The van der Waals surface area contributed by atoms with Crippen LogP contribution >= 0.6 is 0 Å². The number of allylic oxidation sites excluding steroid dienone is 3. The number of aliphatic hydroxyl groups excluding tert-OH is 2. The lowest BCUT2D eigenvalue weighted by Crippen LogP contribution is -2.45. The number of amides is 1. The molecule has 2 unspecified atom stereocenters. The highest BCUT2D eigenvalue weighted by molar-refractivity contribution is 5.76. The lowest BCUT2D eigenvalue weighted by Gasteiger charge is -2.20. The van der Waals surface area contributed by atoms with E-state index in [-0.39, 0.29) is 18.5 Å². The molecule has 1 amide bonds. The van der Waals surface area contributed by atoms with E-state index < -0.39 is 12.1 Å². The third-order valence-electron chi connectivity index (χ3n) is 13.7. The van der Waals surface area contributed by atoms with Gasteiger partial charge < -0.3 is 20.3 Å². The van der Waals surface area contributed by atoms with Gasteiger partial charge in [0.15, 0.2) is 0 Å². The first-order chi connectivity index (χ1) is 32.5. The van der Waals surface area contributed by atoms with Gasteiger partial charge in [-0.3, -0.25) is 9.59 Å². The number of unbranched alkanes of at least 4 members (excludes halogenated alkanes) is 42. The molecule has 0 aromatic carbocycles. The van der Waals surface area contributed by atoms with E-state index in [2.05, 4.69) is 31.3 Å². The molecule has 6 nitrogen and oxygen atoms in total. The summed E-state index contributed by atoms with van der Waals surface area (Å²) in [6, 6.07) is -0.628. The number of rotatable bonds is 55. The molecule has 390 valence electrons. The van der Waals surface area contributed by atoms with E-state index in [1.807, 2.05) is 6.08 Å². The fraction of sp³-hybridized carbons (Fsp3) is 0.900. The number of carbonyl (C=O) groups excluding carboxylic acids is 2. The zero-order chi connectivity index (χ0) is 47.9. The monoisotopic (exact) mass is 930 g/mol. The Kier molecular flexibility index (Phi) is 54.5. The molecule has 0 aliphatic rings. The van der Waals surface area contributed by atoms with Gasteiger partial charge >= 0.3 is 5.97 Å². The maximum absolute atomic E-state index is 12.4. The van der Waals surface area contributed by atoms with Crippen LogP contribution in [-0.2, 0) is 14.3 Å². The molecule has 0 rings (SSSR count). The Morgan fingerprint density at radius 2 is 0.712 bits per heavy atom. The number of aliphatic hydroxyl groups is 2. The molecule has 0 bridgehead atoms. The van der Waals surface area contributed by atoms with Crippen molar-refractivity contribution in [3.63, 3.8) is 0 Å². The van der Waals surface area contributed by atoms with Crippen LogP contribution in [0.1, 0.15) is 322 Å². The van der Waals surface area contributed by atoms with Crippen LogP contribution in [-0.4, -0.2) is 47.4 Å². The Morgan fingerprint density at radius 3 is 1.08 bits per heavy atom. The largest absolute Gasteiger partial charge is 0.466 e. The average Bonchev–Trinajstić information content (AvgIpc) is 3.32. The summed E-state index contributed by atoms with van der Waals surface area (Å²) in [7, 11) is 0. The fourth-order valence-electron chi connectivity index (χ4n) is 9.16. The number of esters is 1. The van der Waals surface area contributed by atoms with Crippen molar-refractivity contribution in [1.82, 2.24) is 5.32 Å². The predicted octanol–water partition coefficient (Wildman–Crippen LogP) is 18.2. The highest BCUT2D eigenvalue weighted by Crippen LogP contribution is 2.17. The Bertz CT molecular complexity index is 1030. The molecule has 0 saturated carbocycles. The fourth-order valence-corrected chi connectivity index (χ4v) is 9.16. The van der Waals surface area contributed by atoms with Crippen molar-refractivity contribution in [1.29, 1.82) is 0 Å². The summed E-state index contributed by atoms with van der Waals surface area (Å²) in [5, 5.41) is 23.0. The van der Waals surface area contributed by atoms with Gasteiger partial charge in [0.05, 0.1) is 25.4 Å². The number of nitrogens with one attached hydrogen (secondary N) is 1. The first-order valence-electron chi connectivity index (χ1n) is 29.6. The van der Waals surface area contributed by atoms with Crippen LogP contribution in [0.3, 0.4) is 0 Å². The van der Waals surface area contributed by atoms with Crippen LogP contribution < -0.4 is 5.32 Å². The maximum Gasteiger partial charge on any atom is 0.305 e. The third kappa shape index (κ3) is 51.7. The lowest BCUT2D eigenvalue weighted by atomic mass is 10.0. The first-order valence-corrected chi connectivity index (χ1v) is 29.6. The average molecular weight is 931 g/mol. The van der Waals surface area contributed by atoms with E-state index in [0.29, 0.717) is 19.4 Å². The van der Waals surface area contributed by atoms with Crippen molar-refractivity contribution in [2.24, 2.45) is 0 Å². The Balaban J connectivity index is 3.39. The second-order valence-corrected chi connectivity index (χ2v) is 20.3. The minimum Gasteiger partial charge on any atom is -0.466 e. The quantitative estimate of drug-likeness (QED) is 0.0321. The highest BCUT2D eigenvalue weighted by Gasteiger charge is 2.18. The van der Waals surface area contributed by atoms with E-state index in [0.717, 1.165) is 38.5 Å². The minimum absolute atomic E-state index is 0.0145. The molecular weight excluding hydrogens is 815 g/mol. The van der Waals surface area contributed by atoms with E-state index in [9.17, 15) is 19.8 Å². The molecule has 3 N–H and O–H groups in total. The summed E-state index contributed by atoms with van der Waals surface area (Å²) in [6.07, 6.45) is 67.9. The Morgan fingerprint density at radius 1 is 0.409 bits per heavy atom. The van der Waals surface area contributed by atoms with E-state index in [1.54, 1.807) is 6.08 Å². The molecule has 0 fully saturated rings. The van der Waals surface area contributed by atoms with Crippen molar-refractivity contribution >= 4 is 11.9 Å². The summed E-state index contributed by atoms with van der Waals surface area (Å²) in [4.78, 5) is 24.4. The van der Waals surface area contributed by atoms with E-state index in [1.165, 1.54) is 257 Å². The summed E-state index contributed by atoms with van der Waals surface area (Å²) in [5.41, 5.74) is 0. The molecule has 0 aromatic rings. The Labute approximate surface area is 411 Å². The molecule has 0 spiro atoms. The SMILES string of the molecule is CCCCCCCCCCC/C=C/C(O)C(CO)NC(=O)CCCCCCCCCCC/C=C\CCCCCCCCCCCCCCOC(=O)CCCCCCCCCCCCCCC. The van der Waals surface area contributed by atoms with Crippen LogP contribution in [0, 0.1) is 0 Å². The zero-order valence-electron chi connectivity index (χ0n) is 44.4. The molecular formula is C60H115NO5. The second kappa shape index (κ2) is 55.9.